The van der Waals surface area contributed by atoms with Crippen LogP contribution >= 0.6 is 0 Å². The minimum Gasteiger partial charge on any atom is -0.326 e. The molecule has 1 unspecified atom stereocenters. The first-order chi connectivity index (χ1) is 9.78. The maximum absolute atomic E-state index is 11.5. The Morgan fingerprint density at radius 3 is 2.70 bits per heavy atom. The quantitative estimate of drug-likeness (QED) is 0.893. The van der Waals surface area contributed by atoms with Crippen molar-refractivity contribution in [3.63, 3.8) is 0 Å². The molecule has 3 heteroatoms. The molecule has 0 saturated carbocycles. The summed E-state index contributed by atoms with van der Waals surface area (Å²) in [7, 11) is 0. The van der Waals surface area contributed by atoms with E-state index < -0.39 is 0 Å². The van der Waals surface area contributed by atoms with Gasteiger partial charge in [0, 0.05) is 5.69 Å². The van der Waals surface area contributed by atoms with Crippen molar-refractivity contribution in [3.8, 4) is 0 Å². The molecule has 1 aliphatic heterocycles. The Morgan fingerprint density at radius 1 is 1.15 bits per heavy atom. The van der Waals surface area contributed by atoms with Crippen molar-refractivity contribution in [2.24, 2.45) is 0 Å². The molecule has 3 nitrogen and oxygen atoms in total. The normalized spacial score (nSPS) is 14.8. The van der Waals surface area contributed by atoms with Crippen LogP contribution in [0.3, 0.4) is 0 Å². The van der Waals surface area contributed by atoms with E-state index in [2.05, 4.69) is 54.0 Å². The average Bonchev–Trinajstić information content (AvgIpc) is 2.84. The van der Waals surface area contributed by atoms with Crippen molar-refractivity contribution in [2.75, 3.05) is 11.9 Å². The van der Waals surface area contributed by atoms with Crippen molar-refractivity contribution < 1.29 is 4.79 Å². The first kappa shape index (κ1) is 12.9. The van der Waals surface area contributed by atoms with E-state index in [1.54, 1.807) is 0 Å². The van der Waals surface area contributed by atoms with E-state index in [0.29, 0.717) is 6.42 Å². The van der Waals surface area contributed by atoms with Gasteiger partial charge < -0.3 is 10.6 Å². The van der Waals surface area contributed by atoms with Crippen molar-refractivity contribution >= 4 is 11.6 Å². The molecule has 0 aliphatic carbocycles. The molecule has 1 aliphatic rings. The largest absolute Gasteiger partial charge is 0.326 e. The second kappa shape index (κ2) is 5.47. The Labute approximate surface area is 119 Å². The lowest BCUT2D eigenvalue weighted by Gasteiger charge is -2.19. The number of amides is 1. The highest BCUT2D eigenvalue weighted by atomic mass is 16.1. The number of carbonyl (C=O) groups is 1. The standard InChI is InChI=1S/C17H18N2O/c1-2-18-17(12-6-4-3-5-7-12)13-8-9-15-14(10-13)11-16(20)19-15/h3-10,17-18H,2,11H2,1H3,(H,19,20). The lowest BCUT2D eigenvalue weighted by atomic mass is 9.96. The summed E-state index contributed by atoms with van der Waals surface area (Å²) in [6.07, 6.45) is 0.483. The molecule has 0 fully saturated rings. The fourth-order valence-corrected chi connectivity index (χ4v) is 2.71. The highest BCUT2D eigenvalue weighted by Gasteiger charge is 2.20. The monoisotopic (exact) mass is 266 g/mol. The van der Waals surface area contributed by atoms with Crippen LogP contribution in [0, 0.1) is 0 Å². The molecule has 0 spiro atoms. The number of anilines is 1. The molecule has 20 heavy (non-hydrogen) atoms. The van der Waals surface area contributed by atoms with E-state index in [-0.39, 0.29) is 11.9 Å². The Bertz CT molecular complexity index is 622. The number of hydrogen-bond donors (Lipinski definition) is 2. The van der Waals surface area contributed by atoms with Gasteiger partial charge in [0.1, 0.15) is 0 Å². The lowest BCUT2D eigenvalue weighted by Crippen LogP contribution is -2.22. The molecule has 1 atom stereocenters. The van der Waals surface area contributed by atoms with Gasteiger partial charge in [-0.05, 0) is 29.3 Å². The van der Waals surface area contributed by atoms with E-state index in [4.69, 9.17) is 0 Å². The van der Waals surface area contributed by atoms with Crippen LogP contribution in [-0.4, -0.2) is 12.5 Å². The van der Waals surface area contributed by atoms with Crippen LogP contribution in [0.15, 0.2) is 48.5 Å². The predicted octanol–water partition coefficient (Wildman–Crippen LogP) is 2.88. The maximum atomic E-state index is 11.5. The van der Waals surface area contributed by atoms with Crippen LogP contribution in [-0.2, 0) is 11.2 Å². The predicted molar refractivity (Wildman–Crippen MR) is 80.7 cm³/mol. The zero-order chi connectivity index (χ0) is 13.9. The molecule has 2 aromatic carbocycles. The van der Waals surface area contributed by atoms with E-state index >= 15 is 0 Å². The van der Waals surface area contributed by atoms with E-state index in [1.165, 1.54) is 11.1 Å². The van der Waals surface area contributed by atoms with Crippen LogP contribution in [0.5, 0.6) is 0 Å². The van der Waals surface area contributed by atoms with Crippen molar-refractivity contribution in [2.45, 2.75) is 19.4 Å². The van der Waals surface area contributed by atoms with Crippen molar-refractivity contribution in [1.82, 2.24) is 5.32 Å². The van der Waals surface area contributed by atoms with Gasteiger partial charge in [0.25, 0.3) is 0 Å². The smallest absolute Gasteiger partial charge is 0.228 e. The van der Waals surface area contributed by atoms with Crippen LogP contribution in [0.4, 0.5) is 5.69 Å². The number of fused-ring (bicyclic) bond motifs is 1. The fourth-order valence-electron chi connectivity index (χ4n) is 2.71. The molecule has 3 rings (SSSR count). The summed E-state index contributed by atoms with van der Waals surface area (Å²) >= 11 is 0. The number of nitrogens with one attached hydrogen (secondary N) is 2. The molecular weight excluding hydrogens is 248 g/mol. The molecule has 2 aromatic rings. The summed E-state index contributed by atoms with van der Waals surface area (Å²) in [6, 6.07) is 16.8. The summed E-state index contributed by atoms with van der Waals surface area (Å²) in [5.41, 5.74) is 4.48. The van der Waals surface area contributed by atoms with Gasteiger partial charge in [0.2, 0.25) is 5.91 Å². The Balaban J connectivity index is 1.97. The van der Waals surface area contributed by atoms with Gasteiger partial charge in [-0.3, -0.25) is 4.79 Å². The first-order valence-corrected chi connectivity index (χ1v) is 6.99. The average molecular weight is 266 g/mol. The SMILES string of the molecule is CCNC(c1ccccc1)c1ccc2c(c1)CC(=O)N2. The van der Waals surface area contributed by atoms with Gasteiger partial charge in [-0.15, -0.1) is 0 Å². The Morgan fingerprint density at radius 2 is 1.95 bits per heavy atom. The van der Waals surface area contributed by atoms with Gasteiger partial charge >= 0.3 is 0 Å². The number of rotatable bonds is 4. The zero-order valence-corrected chi connectivity index (χ0v) is 11.5. The number of carbonyl (C=O) groups excluding carboxylic acids is 1. The van der Waals surface area contributed by atoms with Crippen molar-refractivity contribution in [1.29, 1.82) is 0 Å². The Kier molecular flexibility index (Phi) is 3.52. The molecule has 0 saturated heterocycles. The molecule has 102 valence electrons. The minimum absolute atomic E-state index is 0.0804. The maximum Gasteiger partial charge on any atom is 0.228 e. The second-order valence-corrected chi connectivity index (χ2v) is 5.04. The summed E-state index contributed by atoms with van der Waals surface area (Å²) in [4.78, 5) is 11.5. The van der Waals surface area contributed by atoms with Crippen molar-refractivity contribution in [3.05, 3.63) is 65.2 Å². The molecule has 0 bridgehead atoms. The molecular formula is C17H18N2O. The molecule has 0 radical (unpaired) electrons. The third kappa shape index (κ3) is 2.45. The fraction of sp³-hybridized carbons (Fsp3) is 0.235. The van der Waals surface area contributed by atoms with E-state index in [0.717, 1.165) is 17.8 Å². The third-order valence-electron chi connectivity index (χ3n) is 3.63. The van der Waals surface area contributed by atoms with Crippen LogP contribution in [0.1, 0.15) is 29.7 Å². The minimum atomic E-state index is 0.0804. The third-order valence-corrected chi connectivity index (χ3v) is 3.63. The number of benzene rings is 2. The summed E-state index contributed by atoms with van der Waals surface area (Å²) < 4.78 is 0. The molecule has 0 aromatic heterocycles. The van der Waals surface area contributed by atoms with Crippen LogP contribution in [0.25, 0.3) is 0 Å². The zero-order valence-electron chi connectivity index (χ0n) is 11.5. The number of hydrogen-bond acceptors (Lipinski definition) is 2. The molecule has 2 N–H and O–H groups in total. The van der Waals surface area contributed by atoms with Crippen LogP contribution < -0.4 is 10.6 Å². The van der Waals surface area contributed by atoms with Gasteiger partial charge in [-0.25, -0.2) is 0 Å². The van der Waals surface area contributed by atoms with Crippen LogP contribution in [0.2, 0.25) is 0 Å². The highest BCUT2D eigenvalue weighted by molar-refractivity contribution is 5.99. The summed E-state index contributed by atoms with van der Waals surface area (Å²) in [6.45, 7) is 3.00. The highest BCUT2D eigenvalue weighted by Crippen LogP contribution is 2.29. The van der Waals surface area contributed by atoms with Gasteiger partial charge in [0.15, 0.2) is 0 Å². The van der Waals surface area contributed by atoms with Gasteiger partial charge in [0.05, 0.1) is 12.5 Å². The summed E-state index contributed by atoms with van der Waals surface area (Å²) in [5.74, 6) is 0.0804. The second-order valence-electron chi connectivity index (χ2n) is 5.04. The molecule has 1 heterocycles. The van der Waals surface area contributed by atoms with Gasteiger partial charge in [-0.1, -0.05) is 49.4 Å². The van der Waals surface area contributed by atoms with E-state index in [1.807, 2.05) is 12.1 Å². The first-order valence-electron chi connectivity index (χ1n) is 6.99. The topological polar surface area (TPSA) is 41.1 Å². The van der Waals surface area contributed by atoms with Gasteiger partial charge in [-0.2, -0.15) is 0 Å². The molecule has 1 amide bonds. The summed E-state index contributed by atoms with van der Waals surface area (Å²) in [5, 5.41) is 6.39. The lowest BCUT2D eigenvalue weighted by molar-refractivity contribution is -0.115. The Hall–Kier alpha value is -2.13. The van der Waals surface area contributed by atoms with E-state index in [9.17, 15) is 4.79 Å².